The van der Waals surface area contributed by atoms with Gasteiger partial charge >= 0.3 is 198 Å². The molecule has 2 unspecified atom stereocenters. The van der Waals surface area contributed by atoms with Gasteiger partial charge < -0.3 is 0 Å². The summed E-state index contributed by atoms with van der Waals surface area (Å²) in [7, 11) is 14.0. The average Bonchev–Trinajstić information content (AvgIpc) is 2.59. The maximum atomic E-state index is 2.39. The Labute approximate surface area is 197 Å². The Hall–Kier alpha value is -0.601. The Bertz CT molecular complexity index is 747. The molecular weight excluding hydrogens is 498 g/mol. The zero-order valence-corrected chi connectivity index (χ0v) is 24.1. The molecule has 30 heavy (non-hydrogen) atoms. The van der Waals surface area contributed by atoms with E-state index in [4.69, 9.17) is 0 Å². The van der Waals surface area contributed by atoms with Gasteiger partial charge in [0.2, 0.25) is 0 Å². The second-order valence-corrected chi connectivity index (χ2v) is 17.0. The van der Waals surface area contributed by atoms with E-state index in [2.05, 4.69) is 119 Å². The van der Waals surface area contributed by atoms with Crippen LogP contribution in [-0.4, -0.2) is 77.5 Å². The van der Waals surface area contributed by atoms with Crippen molar-refractivity contribution in [3.05, 3.63) is 59.7 Å². The van der Waals surface area contributed by atoms with Crippen molar-refractivity contribution in [3.63, 3.8) is 0 Å². The number of hydrogen-bond acceptors (Lipinski definition) is 0. The second-order valence-electron chi connectivity index (χ2n) is 10.9. The Morgan fingerprint density at radius 2 is 0.833 bits per heavy atom. The van der Waals surface area contributed by atoms with Gasteiger partial charge in [-0.1, -0.05) is 0 Å². The Morgan fingerprint density at radius 3 is 1.10 bits per heavy atom. The van der Waals surface area contributed by atoms with Crippen LogP contribution in [0.5, 0.6) is 0 Å². The number of nitrogens with zero attached hydrogens (tertiary/aromatic N) is 2. The van der Waals surface area contributed by atoms with Crippen molar-refractivity contribution in [2.24, 2.45) is 11.8 Å². The molecule has 0 heterocycles. The molecule has 2 aromatic rings. The van der Waals surface area contributed by atoms with Crippen LogP contribution in [0.25, 0.3) is 0 Å². The number of rotatable bonds is 9. The molecule has 0 bridgehead atoms. The van der Waals surface area contributed by atoms with Crippen molar-refractivity contribution in [2.45, 2.75) is 39.8 Å². The van der Waals surface area contributed by atoms with Crippen LogP contribution in [0, 0.1) is 11.8 Å². The molecule has 2 rings (SSSR count). The van der Waals surface area contributed by atoms with Crippen LogP contribution in [0.4, 0.5) is 0 Å². The van der Waals surface area contributed by atoms with Crippen LogP contribution in [0.2, 0.25) is 0 Å². The van der Waals surface area contributed by atoms with Gasteiger partial charge in [0.05, 0.1) is 0 Å². The van der Waals surface area contributed by atoms with E-state index in [-0.39, 0.29) is 0 Å². The van der Waals surface area contributed by atoms with E-state index in [0.29, 0.717) is 50.2 Å². The summed E-state index contributed by atoms with van der Waals surface area (Å²) in [6.45, 7) is 9.47. The minimum absolute atomic E-state index is 0.481. The molecule has 0 spiro atoms. The molecule has 2 aromatic carbocycles. The molecule has 166 valence electrons. The van der Waals surface area contributed by atoms with Gasteiger partial charge in [-0.25, -0.2) is 0 Å². The Balaban J connectivity index is 2.39. The maximum absolute atomic E-state index is 2.39. The normalized spacial score (nSPS) is 14.9. The van der Waals surface area contributed by atoms with Crippen molar-refractivity contribution in [2.75, 3.05) is 42.3 Å². The zero-order chi connectivity index (χ0) is 22.7. The van der Waals surface area contributed by atoms with Gasteiger partial charge in [0.25, 0.3) is 0 Å². The summed E-state index contributed by atoms with van der Waals surface area (Å²) in [5.74, 6) is 1.23. The molecule has 0 aliphatic rings. The number of hydrogen-bond donors (Lipinski definition) is 0. The van der Waals surface area contributed by atoms with Gasteiger partial charge in [0.1, 0.15) is 0 Å². The molecular formula is C26H42N2Se2+2. The van der Waals surface area contributed by atoms with Crippen molar-refractivity contribution in [1.82, 2.24) is 0 Å². The SMILES string of the molecule is CC(C)C(c1ccccc1[Se][Se]c1ccccc1C(C(C)C)[N+](C)(C)C)[N+](C)(C)C. The van der Waals surface area contributed by atoms with E-state index < -0.39 is 0 Å². The quantitative estimate of drug-likeness (QED) is 0.336. The van der Waals surface area contributed by atoms with E-state index in [1.807, 2.05) is 0 Å². The molecule has 2 nitrogen and oxygen atoms in total. The van der Waals surface area contributed by atoms with Gasteiger partial charge in [-0.15, -0.1) is 0 Å². The number of quaternary nitrogens is 2. The summed E-state index contributed by atoms with van der Waals surface area (Å²) in [4.78, 5) is 0. The van der Waals surface area contributed by atoms with Crippen LogP contribution in [0.15, 0.2) is 48.5 Å². The predicted octanol–water partition coefficient (Wildman–Crippen LogP) is 3.77. The molecule has 0 N–H and O–H groups in total. The standard InChI is InChI=1S/C26H42N2Se2/c1-19(2)25(27(5,6)7)21-15-11-13-17-23(21)29-30-24-18-14-12-16-22(24)26(20(3)4)28(8,9)10/h11-20,25-26H,1-10H3/q+2. The van der Waals surface area contributed by atoms with Gasteiger partial charge in [-0.05, 0) is 0 Å². The van der Waals surface area contributed by atoms with Gasteiger partial charge in [0.15, 0.2) is 0 Å². The molecule has 0 fully saturated rings. The van der Waals surface area contributed by atoms with Crippen molar-refractivity contribution in [1.29, 1.82) is 0 Å². The summed E-state index contributed by atoms with van der Waals surface area (Å²) in [5.41, 5.74) is 3.12. The third kappa shape index (κ3) is 6.45. The van der Waals surface area contributed by atoms with E-state index in [0.717, 1.165) is 8.97 Å². The van der Waals surface area contributed by atoms with Crippen LogP contribution in [0.3, 0.4) is 0 Å². The van der Waals surface area contributed by atoms with Gasteiger partial charge in [-0.2, -0.15) is 0 Å². The van der Waals surface area contributed by atoms with Crippen molar-refractivity contribution < 1.29 is 8.97 Å². The molecule has 2 atom stereocenters. The molecule has 0 aliphatic carbocycles. The fourth-order valence-corrected chi connectivity index (χ4v) is 12.4. The zero-order valence-electron chi connectivity index (χ0n) is 20.6. The molecule has 0 saturated carbocycles. The first-order valence-electron chi connectivity index (χ1n) is 11.0. The van der Waals surface area contributed by atoms with Crippen LogP contribution in [-0.2, 0) is 0 Å². The molecule has 0 radical (unpaired) electrons. The Morgan fingerprint density at radius 1 is 0.533 bits per heavy atom. The molecule has 0 aliphatic heterocycles. The summed E-state index contributed by atoms with van der Waals surface area (Å²) >= 11 is 0.961. The Kier molecular flexibility index (Phi) is 8.85. The van der Waals surface area contributed by atoms with Gasteiger partial charge in [-0.3, -0.25) is 0 Å². The first-order chi connectivity index (χ1) is 13.8. The fraction of sp³-hybridized carbons (Fsp3) is 0.538. The summed E-state index contributed by atoms with van der Waals surface area (Å²) in [6, 6.07) is 19.5. The van der Waals surface area contributed by atoms with Crippen LogP contribution < -0.4 is 8.92 Å². The van der Waals surface area contributed by atoms with Crippen molar-refractivity contribution >= 4 is 35.2 Å². The predicted molar refractivity (Wildman–Crippen MR) is 135 cm³/mol. The molecule has 4 heteroatoms. The van der Waals surface area contributed by atoms with E-state index in [1.54, 1.807) is 20.1 Å². The van der Waals surface area contributed by atoms with E-state index >= 15 is 0 Å². The van der Waals surface area contributed by atoms with Crippen LogP contribution in [0.1, 0.15) is 50.9 Å². The minimum atomic E-state index is 0.481. The first kappa shape index (κ1) is 25.7. The molecule has 0 amide bonds. The first-order valence-corrected chi connectivity index (χ1v) is 17.0. The summed E-state index contributed by atoms with van der Waals surface area (Å²) in [5, 5.41) is 0. The fourth-order valence-electron chi connectivity index (χ4n) is 5.03. The molecule has 0 saturated heterocycles. The monoisotopic (exact) mass is 542 g/mol. The third-order valence-electron chi connectivity index (χ3n) is 5.63. The topological polar surface area (TPSA) is 0 Å². The van der Waals surface area contributed by atoms with Gasteiger partial charge in [0, 0.05) is 0 Å². The van der Waals surface area contributed by atoms with E-state index in [9.17, 15) is 0 Å². The van der Waals surface area contributed by atoms with Crippen LogP contribution >= 0.6 is 0 Å². The third-order valence-corrected chi connectivity index (χ3v) is 12.9. The summed E-state index contributed by atoms with van der Waals surface area (Å²) in [6.07, 6.45) is 0. The number of benzene rings is 2. The second kappa shape index (κ2) is 10.3. The average molecular weight is 541 g/mol. The molecule has 0 aromatic heterocycles. The summed E-state index contributed by atoms with van der Waals surface area (Å²) < 4.78 is 5.15. The van der Waals surface area contributed by atoms with E-state index in [1.165, 1.54) is 0 Å². The van der Waals surface area contributed by atoms with Crippen molar-refractivity contribution in [3.8, 4) is 0 Å².